The van der Waals surface area contributed by atoms with Gasteiger partial charge in [0.1, 0.15) is 24.1 Å². The highest BCUT2D eigenvalue weighted by molar-refractivity contribution is 7.71. The van der Waals surface area contributed by atoms with Gasteiger partial charge < -0.3 is 26.4 Å². The van der Waals surface area contributed by atoms with Gasteiger partial charge in [0.25, 0.3) is 5.85 Å². The Morgan fingerprint density at radius 3 is 2.74 bits per heavy atom. The maximum Gasteiger partial charge on any atom is 0.323 e. The Bertz CT molecular complexity index is 828. The van der Waals surface area contributed by atoms with Crippen molar-refractivity contribution in [1.82, 2.24) is 9.55 Å². The number of aliphatic hydroxyl groups is 2. The van der Waals surface area contributed by atoms with Gasteiger partial charge in [-0.3, -0.25) is 14.1 Å². The molecule has 9 nitrogen and oxygen atoms in total. The molecule has 6 N–H and O–H groups in total. The van der Waals surface area contributed by atoms with Gasteiger partial charge >= 0.3 is 5.97 Å². The molecule has 1 aromatic heterocycles. The Kier molecular flexibility index (Phi) is 5.88. The molecule has 1 aromatic rings. The van der Waals surface area contributed by atoms with Crippen molar-refractivity contribution in [3.8, 4) is 12.3 Å². The fourth-order valence-corrected chi connectivity index (χ4v) is 2.83. The molecule has 11 heteroatoms. The summed E-state index contributed by atoms with van der Waals surface area (Å²) in [5, 5.41) is 20.6. The lowest BCUT2D eigenvalue weighted by molar-refractivity contribution is -0.234. The number of rotatable bonds is 5. The fraction of sp³-hybridized carbons (Fsp3) is 0.562. The minimum Gasteiger partial charge on any atom is -0.458 e. The average Bonchev–Trinajstić information content (AvgIpc) is 2.81. The van der Waals surface area contributed by atoms with Crippen LogP contribution in [0.25, 0.3) is 0 Å². The first-order valence-electron chi connectivity index (χ1n) is 7.99. The van der Waals surface area contributed by atoms with E-state index in [0.29, 0.717) is 0 Å². The largest absolute Gasteiger partial charge is 0.458 e. The van der Waals surface area contributed by atoms with Crippen LogP contribution in [-0.4, -0.2) is 56.4 Å². The molecule has 1 aliphatic heterocycles. The molecule has 0 bridgehead atoms. The lowest BCUT2D eigenvalue weighted by Gasteiger charge is -2.29. The van der Waals surface area contributed by atoms with E-state index in [-0.39, 0.29) is 16.5 Å². The molecule has 0 aliphatic carbocycles. The molecule has 1 aliphatic rings. The number of nitrogens with two attached hydrogens (primary N) is 2. The Morgan fingerprint density at radius 1 is 1.59 bits per heavy atom. The normalized spacial score (nSPS) is 31.5. The summed E-state index contributed by atoms with van der Waals surface area (Å²) in [4.78, 5) is 15.7. The molecule has 2 rings (SSSR count). The topological polar surface area (TPSA) is 146 Å². The number of aliphatic hydroxyl groups excluding tert-OH is 2. The van der Waals surface area contributed by atoms with Crippen LogP contribution in [0.3, 0.4) is 0 Å². The number of alkyl halides is 1. The standard InChI is InChI=1S/C16H21FN4O5S/c1-4-16(21-6-5-9(18)20-14(21)27)12(23)11(22)15(17,26-16)7-25-13(24)10(19)8(2)3/h1,5-6,8,10-12,22-23H,7,19H2,2-3H3,(H2,18,20,27)/t10-,11-,12+,15+,16+/m0/s1. The summed E-state index contributed by atoms with van der Waals surface area (Å²) in [6.45, 7) is 2.33. The molecule has 27 heavy (non-hydrogen) atoms. The van der Waals surface area contributed by atoms with E-state index in [1.807, 2.05) is 0 Å². The SMILES string of the molecule is C#C[C@@]1(n2ccc(N)nc2=S)O[C@](F)(COC(=O)[C@@H](N)C(C)C)[C@@H](O)[C@H]1O. The lowest BCUT2D eigenvalue weighted by atomic mass is 10.0. The molecule has 0 amide bonds. The highest BCUT2D eigenvalue weighted by Crippen LogP contribution is 2.43. The number of hydrogen-bond donors (Lipinski definition) is 4. The van der Waals surface area contributed by atoms with Crippen LogP contribution in [0.4, 0.5) is 10.2 Å². The van der Waals surface area contributed by atoms with Gasteiger partial charge in [-0.15, -0.1) is 6.42 Å². The number of terminal acetylenes is 1. The Hall–Kier alpha value is -2.10. The smallest absolute Gasteiger partial charge is 0.323 e. The van der Waals surface area contributed by atoms with Crippen LogP contribution < -0.4 is 11.5 Å². The van der Waals surface area contributed by atoms with E-state index in [2.05, 4.69) is 10.9 Å². The van der Waals surface area contributed by atoms with E-state index >= 15 is 4.39 Å². The van der Waals surface area contributed by atoms with Gasteiger partial charge in [0.2, 0.25) is 10.5 Å². The second kappa shape index (κ2) is 7.49. The minimum absolute atomic E-state index is 0.0690. The zero-order valence-electron chi connectivity index (χ0n) is 14.7. The molecular weight excluding hydrogens is 379 g/mol. The summed E-state index contributed by atoms with van der Waals surface area (Å²) >= 11 is 5.03. The molecule has 148 valence electrons. The molecule has 2 heterocycles. The third-order valence-electron chi connectivity index (χ3n) is 4.26. The van der Waals surface area contributed by atoms with Crippen LogP contribution in [0.15, 0.2) is 12.3 Å². The summed E-state index contributed by atoms with van der Waals surface area (Å²) in [6, 6.07) is 0.307. The first-order chi connectivity index (χ1) is 12.5. The van der Waals surface area contributed by atoms with Crippen molar-refractivity contribution in [3.05, 3.63) is 17.0 Å². The number of nitrogen functional groups attached to an aromatic ring is 1. The molecule has 1 fully saturated rings. The van der Waals surface area contributed by atoms with Gasteiger partial charge in [-0.2, -0.15) is 0 Å². The van der Waals surface area contributed by atoms with Gasteiger partial charge in [-0.05, 0) is 30.1 Å². The van der Waals surface area contributed by atoms with Gasteiger partial charge in [-0.25, -0.2) is 9.37 Å². The van der Waals surface area contributed by atoms with E-state index in [0.717, 1.165) is 4.57 Å². The summed E-state index contributed by atoms with van der Waals surface area (Å²) in [6.07, 6.45) is 2.62. The van der Waals surface area contributed by atoms with Gasteiger partial charge in [-0.1, -0.05) is 13.8 Å². The van der Waals surface area contributed by atoms with E-state index in [9.17, 15) is 15.0 Å². The first kappa shape index (κ1) is 21.2. The molecule has 0 spiro atoms. The number of esters is 1. The number of nitrogens with zero attached hydrogens (tertiary/aromatic N) is 2. The van der Waals surface area contributed by atoms with Crippen LogP contribution in [0.1, 0.15) is 13.8 Å². The number of anilines is 1. The van der Waals surface area contributed by atoms with Crippen LogP contribution in [0, 0.1) is 23.0 Å². The van der Waals surface area contributed by atoms with E-state index in [1.54, 1.807) is 13.8 Å². The fourth-order valence-electron chi connectivity index (χ4n) is 2.53. The predicted molar refractivity (Wildman–Crippen MR) is 95.0 cm³/mol. The second-order valence-electron chi connectivity index (χ2n) is 6.50. The minimum atomic E-state index is -3.01. The number of ether oxygens (including phenoxy) is 2. The third-order valence-corrected chi connectivity index (χ3v) is 4.55. The van der Waals surface area contributed by atoms with Crippen molar-refractivity contribution in [2.45, 2.75) is 43.7 Å². The average molecular weight is 400 g/mol. The first-order valence-corrected chi connectivity index (χ1v) is 8.40. The number of halogens is 1. The zero-order valence-corrected chi connectivity index (χ0v) is 15.5. The Balaban J connectivity index is 2.33. The van der Waals surface area contributed by atoms with Crippen LogP contribution in [0.5, 0.6) is 0 Å². The molecule has 1 saturated heterocycles. The van der Waals surface area contributed by atoms with Crippen molar-refractivity contribution in [1.29, 1.82) is 0 Å². The van der Waals surface area contributed by atoms with E-state index in [4.69, 9.17) is 39.6 Å². The van der Waals surface area contributed by atoms with Gasteiger partial charge in [0.15, 0.2) is 6.61 Å². The van der Waals surface area contributed by atoms with Gasteiger partial charge in [0.05, 0.1) is 0 Å². The maximum atomic E-state index is 15.2. The van der Waals surface area contributed by atoms with Crippen molar-refractivity contribution in [2.75, 3.05) is 12.3 Å². The van der Waals surface area contributed by atoms with Crippen molar-refractivity contribution in [2.24, 2.45) is 11.7 Å². The third kappa shape index (κ3) is 3.67. The summed E-state index contributed by atoms with van der Waals surface area (Å²) < 4.78 is 26.0. The molecule has 0 radical (unpaired) electrons. The Labute approximate surface area is 160 Å². The monoisotopic (exact) mass is 400 g/mol. The van der Waals surface area contributed by atoms with Crippen molar-refractivity contribution in [3.63, 3.8) is 0 Å². The number of carbonyl (C=O) groups excluding carboxylic acids is 1. The highest BCUT2D eigenvalue weighted by atomic mass is 32.1. The van der Waals surface area contributed by atoms with Crippen LogP contribution in [-0.2, 0) is 20.0 Å². The number of hydrogen-bond acceptors (Lipinski definition) is 9. The Morgan fingerprint density at radius 2 is 2.22 bits per heavy atom. The van der Waals surface area contributed by atoms with Crippen LogP contribution >= 0.6 is 12.2 Å². The number of carbonyl (C=O) groups is 1. The summed E-state index contributed by atoms with van der Waals surface area (Å²) in [5.41, 5.74) is 8.93. The van der Waals surface area contributed by atoms with Crippen molar-refractivity contribution >= 4 is 24.0 Å². The molecule has 0 saturated carbocycles. The second-order valence-corrected chi connectivity index (χ2v) is 6.87. The van der Waals surface area contributed by atoms with Crippen LogP contribution in [0.2, 0.25) is 0 Å². The van der Waals surface area contributed by atoms with Gasteiger partial charge in [0, 0.05) is 6.20 Å². The van der Waals surface area contributed by atoms with E-state index < -0.39 is 42.4 Å². The summed E-state index contributed by atoms with van der Waals surface area (Å²) in [7, 11) is 0. The predicted octanol–water partition coefficient (Wildman–Crippen LogP) is -0.575. The molecule has 0 unspecified atom stereocenters. The molecule has 5 atom stereocenters. The maximum absolute atomic E-state index is 15.2. The molecular formula is C16H21FN4O5S. The van der Waals surface area contributed by atoms with E-state index in [1.165, 1.54) is 12.3 Å². The quantitative estimate of drug-likeness (QED) is 0.290. The molecule has 0 aromatic carbocycles. The lowest BCUT2D eigenvalue weighted by Crippen LogP contribution is -2.46. The number of aromatic nitrogens is 2. The van der Waals surface area contributed by atoms with Crippen molar-refractivity contribution < 1.29 is 28.9 Å². The highest BCUT2D eigenvalue weighted by Gasteiger charge is 2.64. The summed E-state index contributed by atoms with van der Waals surface area (Å²) in [5.74, 6) is -1.99. The zero-order chi connectivity index (χ0) is 20.6.